The van der Waals surface area contributed by atoms with Crippen LogP contribution in [0.1, 0.15) is 25.7 Å². The third kappa shape index (κ3) is 2.32. The molecule has 0 radical (unpaired) electrons. The first-order valence-corrected chi connectivity index (χ1v) is 5.29. The first kappa shape index (κ1) is 12.5. The predicted octanol–water partition coefficient (Wildman–Crippen LogP) is 0.702. The van der Waals surface area contributed by atoms with Gasteiger partial charge in [-0.15, -0.1) is 0 Å². The highest BCUT2D eigenvalue weighted by Gasteiger charge is 2.46. The Kier molecular flexibility index (Phi) is 3.88. The van der Waals surface area contributed by atoms with Crippen LogP contribution in [0.2, 0.25) is 0 Å². The summed E-state index contributed by atoms with van der Waals surface area (Å²) in [5.74, 6) is -0.524. The van der Waals surface area contributed by atoms with Crippen molar-refractivity contribution >= 4 is 11.9 Å². The second-order valence-corrected chi connectivity index (χ2v) is 4.10. The van der Waals surface area contributed by atoms with E-state index in [9.17, 15) is 9.59 Å². The lowest BCUT2D eigenvalue weighted by Gasteiger charge is -2.36. The van der Waals surface area contributed by atoms with E-state index < -0.39 is 5.41 Å². The maximum Gasteiger partial charge on any atom is 0.307 e. The van der Waals surface area contributed by atoms with E-state index in [-0.39, 0.29) is 18.3 Å². The molecule has 0 N–H and O–H groups in total. The maximum absolute atomic E-state index is 11.9. The SMILES string of the molecule is COC(=O)CCN(C)C(=O)C1(C#N)CCC1. The number of hydrogen-bond donors (Lipinski definition) is 0. The van der Waals surface area contributed by atoms with Crippen LogP contribution < -0.4 is 0 Å². The Hall–Kier alpha value is -1.57. The van der Waals surface area contributed by atoms with Gasteiger partial charge >= 0.3 is 5.97 Å². The van der Waals surface area contributed by atoms with E-state index in [1.807, 2.05) is 0 Å². The van der Waals surface area contributed by atoms with Crippen molar-refractivity contribution in [3.05, 3.63) is 0 Å². The lowest BCUT2D eigenvalue weighted by atomic mass is 9.69. The summed E-state index contributed by atoms with van der Waals surface area (Å²) in [6.45, 7) is 0.301. The summed E-state index contributed by atoms with van der Waals surface area (Å²) in [6, 6.07) is 2.09. The van der Waals surface area contributed by atoms with Gasteiger partial charge in [0.05, 0.1) is 19.6 Å². The number of nitrogens with zero attached hydrogens (tertiary/aromatic N) is 2. The normalized spacial score (nSPS) is 16.8. The molecule has 0 bridgehead atoms. The second-order valence-electron chi connectivity index (χ2n) is 4.10. The zero-order valence-corrected chi connectivity index (χ0v) is 9.65. The molecule has 0 heterocycles. The first-order valence-electron chi connectivity index (χ1n) is 5.29. The minimum absolute atomic E-state index is 0.167. The number of nitriles is 1. The fourth-order valence-corrected chi connectivity index (χ4v) is 1.73. The molecule has 1 aliphatic rings. The minimum Gasteiger partial charge on any atom is -0.469 e. The van der Waals surface area contributed by atoms with Crippen LogP contribution in [0.25, 0.3) is 0 Å². The van der Waals surface area contributed by atoms with Crippen LogP contribution in [-0.2, 0) is 14.3 Å². The Morgan fingerprint density at radius 2 is 2.12 bits per heavy atom. The van der Waals surface area contributed by atoms with Gasteiger partial charge in [-0.25, -0.2) is 0 Å². The van der Waals surface area contributed by atoms with Crippen LogP contribution in [0, 0.1) is 16.7 Å². The first-order chi connectivity index (χ1) is 7.55. The number of hydrogen-bond acceptors (Lipinski definition) is 4. The van der Waals surface area contributed by atoms with Gasteiger partial charge in [-0.05, 0) is 19.3 Å². The lowest BCUT2D eigenvalue weighted by Crippen LogP contribution is -2.46. The zero-order chi connectivity index (χ0) is 12.2. The van der Waals surface area contributed by atoms with E-state index in [0.717, 1.165) is 6.42 Å². The van der Waals surface area contributed by atoms with E-state index in [1.54, 1.807) is 7.05 Å². The topological polar surface area (TPSA) is 70.4 Å². The molecule has 1 saturated carbocycles. The monoisotopic (exact) mass is 224 g/mol. The summed E-state index contributed by atoms with van der Waals surface area (Å²) >= 11 is 0. The van der Waals surface area contributed by atoms with E-state index in [4.69, 9.17) is 5.26 Å². The molecule has 0 spiro atoms. The fraction of sp³-hybridized carbons (Fsp3) is 0.727. The Labute approximate surface area is 95.0 Å². The molecular formula is C11H16N2O3. The van der Waals surface area contributed by atoms with Gasteiger partial charge in [0.1, 0.15) is 5.41 Å². The quantitative estimate of drug-likeness (QED) is 0.659. The number of carbonyl (C=O) groups excluding carboxylic acids is 2. The molecule has 0 unspecified atom stereocenters. The molecule has 0 atom stereocenters. The van der Waals surface area contributed by atoms with Gasteiger partial charge in [0.25, 0.3) is 0 Å². The van der Waals surface area contributed by atoms with Gasteiger partial charge in [-0.3, -0.25) is 9.59 Å². The van der Waals surface area contributed by atoms with E-state index in [0.29, 0.717) is 19.4 Å². The molecule has 1 aliphatic carbocycles. The van der Waals surface area contributed by atoms with E-state index in [2.05, 4.69) is 10.8 Å². The van der Waals surface area contributed by atoms with Crippen LogP contribution in [0.5, 0.6) is 0 Å². The standard InChI is InChI=1S/C11H16N2O3/c1-13(7-4-9(14)16-2)10(15)11(8-12)5-3-6-11/h3-7H2,1-2H3. The van der Waals surface area contributed by atoms with Crippen molar-refractivity contribution in [1.29, 1.82) is 5.26 Å². The van der Waals surface area contributed by atoms with E-state index in [1.165, 1.54) is 12.0 Å². The summed E-state index contributed by atoms with van der Waals surface area (Å²) in [5.41, 5.74) is -0.829. The van der Waals surface area contributed by atoms with Crippen molar-refractivity contribution in [2.24, 2.45) is 5.41 Å². The average Bonchev–Trinajstić information content (AvgIpc) is 2.24. The molecule has 0 aromatic carbocycles. The Bertz CT molecular complexity index is 329. The van der Waals surface area contributed by atoms with Crippen molar-refractivity contribution < 1.29 is 14.3 Å². The van der Waals surface area contributed by atoms with Crippen molar-refractivity contribution in [2.75, 3.05) is 20.7 Å². The molecule has 16 heavy (non-hydrogen) atoms. The van der Waals surface area contributed by atoms with Crippen LogP contribution in [0.4, 0.5) is 0 Å². The van der Waals surface area contributed by atoms with Crippen molar-refractivity contribution in [3.8, 4) is 6.07 Å². The number of carbonyl (C=O) groups is 2. The molecule has 1 rings (SSSR count). The van der Waals surface area contributed by atoms with Crippen LogP contribution in [-0.4, -0.2) is 37.5 Å². The smallest absolute Gasteiger partial charge is 0.307 e. The van der Waals surface area contributed by atoms with Gasteiger partial charge in [0, 0.05) is 13.6 Å². The number of esters is 1. The molecule has 1 amide bonds. The highest BCUT2D eigenvalue weighted by molar-refractivity contribution is 5.86. The largest absolute Gasteiger partial charge is 0.469 e. The second kappa shape index (κ2) is 4.97. The van der Waals surface area contributed by atoms with Crippen LogP contribution >= 0.6 is 0 Å². The highest BCUT2D eigenvalue weighted by Crippen LogP contribution is 2.41. The Morgan fingerprint density at radius 3 is 2.50 bits per heavy atom. The maximum atomic E-state index is 11.9. The molecule has 5 nitrogen and oxygen atoms in total. The summed E-state index contributed by atoms with van der Waals surface area (Å²) in [6.07, 6.45) is 2.35. The molecule has 88 valence electrons. The molecule has 0 aromatic heterocycles. The number of rotatable bonds is 4. The third-order valence-corrected chi connectivity index (χ3v) is 3.06. The average molecular weight is 224 g/mol. The number of ether oxygens (including phenoxy) is 1. The zero-order valence-electron chi connectivity index (χ0n) is 9.65. The fourth-order valence-electron chi connectivity index (χ4n) is 1.73. The number of amides is 1. The number of methoxy groups -OCH3 is 1. The van der Waals surface area contributed by atoms with Crippen molar-refractivity contribution in [2.45, 2.75) is 25.7 Å². The van der Waals surface area contributed by atoms with Gasteiger partial charge in [-0.2, -0.15) is 5.26 Å². The summed E-state index contributed by atoms with van der Waals surface area (Å²) < 4.78 is 4.49. The molecule has 5 heteroatoms. The van der Waals surface area contributed by atoms with Crippen molar-refractivity contribution in [3.63, 3.8) is 0 Å². The van der Waals surface area contributed by atoms with Gasteiger partial charge in [-0.1, -0.05) is 0 Å². The minimum atomic E-state index is -0.829. The molecule has 0 saturated heterocycles. The highest BCUT2D eigenvalue weighted by atomic mass is 16.5. The van der Waals surface area contributed by atoms with Gasteiger partial charge in [0.15, 0.2) is 0 Å². The van der Waals surface area contributed by atoms with Crippen molar-refractivity contribution in [1.82, 2.24) is 4.90 Å². The summed E-state index contributed by atoms with van der Waals surface area (Å²) in [5, 5.41) is 8.99. The molecule has 0 aliphatic heterocycles. The van der Waals surface area contributed by atoms with Crippen LogP contribution in [0.3, 0.4) is 0 Å². The predicted molar refractivity (Wildman–Crippen MR) is 56.2 cm³/mol. The Balaban J connectivity index is 2.48. The lowest BCUT2D eigenvalue weighted by molar-refractivity contribution is -0.144. The molecule has 1 fully saturated rings. The molecular weight excluding hydrogens is 208 g/mol. The van der Waals surface area contributed by atoms with Gasteiger partial charge in [0.2, 0.25) is 5.91 Å². The summed E-state index contributed by atoms with van der Waals surface area (Å²) in [7, 11) is 2.93. The third-order valence-electron chi connectivity index (χ3n) is 3.06. The molecule has 0 aromatic rings. The summed E-state index contributed by atoms with van der Waals surface area (Å²) in [4.78, 5) is 24.3. The Morgan fingerprint density at radius 1 is 1.50 bits per heavy atom. The van der Waals surface area contributed by atoms with Crippen LogP contribution in [0.15, 0.2) is 0 Å². The van der Waals surface area contributed by atoms with E-state index >= 15 is 0 Å². The van der Waals surface area contributed by atoms with Gasteiger partial charge < -0.3 is 9.64 Å².